The third kappa shape index (κ3) is 2.51. The first-order valence-corrected chi connectivity index (χ1v) is 5.88. The highest BCUT2D eigenvalue weighted by Crippen LogP contribution is 2.34. The second-order valence-electron chi connectivity index (χ2n) is 4.50. The van der Waals surface area contributed by atoms with Crippen molar-refractivity contribution in [3.63, 3.8) is 0 Å². The Hall–Kier alpha value is -2.70. The minimum Gasteiger partial charge on any atom is -0.478 e. The number of carboxylic acid groups (broad SMARTS) is 1. The summed E-state index contributed by atoms with van der Waals surface area (Å²) >= 11 is 0. The van der Waals surface area contributed by atoms with E-state index in [-0.39, 0.29) is 29.3 Å². The molecule has 0 bridgehead atoms. The second-order valence-corrected chi connectivity index (χ2v) is 4.50. The van der Waals surface area contributed by atoms with Crippen molar-refractivity contribution >= 4 is 17.6 Å². The molecule has 1 aliphatic heterocycles. The molecule has 1 amide bonds. The van der Waals surface area contributed by atoms with Gasteiger partial charge in [-0.15, -0.1) is 0 Å². The van der Waals surface area contributed by atoms with Gasteiger partial charge in [0.15, 0.2) is 0 Å². The summed E-state index contributed by atoms with van der Waals surface area (Å²) in [5.41, 5.74) is 0.650. The summed E-state index contributed by atoms with van der Waals surface area (Å²) in [5, 5.41) is 22.5. The Morgan fingerprint density at radius 3 is 2.80 bits per heavy atom. The SMILES string of the molecule is CC1=C(C(=O)O)[C@@H](c2cccc([N+](=O)[O-])c2)CC(=O)N1. The smallest absolute Gasteiger partial charge is 0.333 e. The van der Waals surface area contributed by atoms with Crippen LogP contribution in [0, 0.1) is 10.1 Å². The van der Waals surface area contributed by atoms with Crippen molar-refractivity contribution in [1.82, 2.24) is 5.32 Å². The van der Waals surface area contributed by atoms with Crippen molar-refractivity contribution < 1.29 is 19.6 Å². The van der Waals surface area contributed by atoms with Crippen LogP contribution in [0.15, 0.2) is 35.5 Å². The van der Waals surface area contributed by atoms with E-state index < -0.39 is 16.8 Å². The lowest BCUT2D eigenvalue weighted by Gasteiger charge is -2.25. The van der Waals surface area contributed by atoms with Gasteiger partial charge in [-0.25, -0.2) is 4.79 Å². The molecule has 0 aliphatic carbocycles. The molecular weight excluding hydrogens is 264 g/mol. The third-order valence-corrected chi connectivity index (χ3v) is 3.18. The van der Waals surface area contributed by atoms with E-state index in [1.807, 2.05) is 0 Å². The first kappa shape index (κ1) is 13.7. The topological polar surface area (TPSA) is 110 Å². The molecule has 0 unspecified atom stereocenters. The van der Waals surface area contributed by atoms with Crippen molar-refractivity contribution in [2.75, 3.05) is 0 Å². The Kier molecular flexibility index (Phi) is 3.51. The van der Waals surface area contributed by atoms with Gasteiger partial charge in [-0.3, -0.25) is 14.9 Å². The van der Waals surface area contributed by atoms with E-state index in [0.717, 1.165) is 0 Å². The fraction of sp³-hybridized carbons (Fsp3) is 0.231. The number of carboxylic acids is 1. The Morgan fingerprint density at radius 1 is 1.50 bits per heavy atom. The summed E-state index contributed by atoms with van der Waals surface area (Å²) in [6.45, 7) is 1.50. The molecule has 7 heteroatoms. The number of amides is 1. The van der Waals surface area contributed by atoms with E-state index in [1.54, 1.807) is 6.07 Å². The van der Waals surface area contributed by atoms with E-state index in [4.69, 9.17) is 0 Å². The van der Waals surface area contributed by atoms with Crippen molar-refractivity contribution in [3.8, 4) is 0 Å². The van der Waals surface area contributed by atoms with E-state index in [1.165, 1.54) is 25.1 Å². The van der Waals surface area contributed by atoms with Crippen LogP contribution in [0.3, 0.4) is 0 Å². The van der Waals surface area contributed by atoms with Crippen molar-refractivity contribution in [1.29, 1.82) is 0 Å². The molecule has 0 spiro atoms. The first-order chi connectivity index (χ1) is 9.40. The average Bonchev–Trinajstić information content (AvgIpc) is 2.37. The molecule has 20 heavy (non-hydrogen) atoms. The summed E-state index contributed by atoms with van der Waals surface area (Å²) in [4.78, 5) is 33.1. The van der Waals surface area contributed by atoms with Crippen molar-refractivity contribution in [2.45, 2.75) is 19.3 Å². The molecule has 0 radical (unpaired) electrons. The summed E-state index contributed by atoms with van der Waals surface area (Å²) in [6.07, 6.45) is -0.0415. The van der Waals surface area contributed by atoms with Crippen LogP contribution in [0.4, 0.5) is 5.69 Å². The number of allylic oxidation sites excluding steroid dienone is 1. The predicted octanol–water partition coefficient (Wildman–Crippen LogP) is 1.56. The van der Waals surface area contributed by atoms with Gasteiger partial charge in [0.25, 0.3) is 5.69 Å². The third-order valence-electron chi connectivity index (χ3n) is 3.18. The molecule has 104 valence electrons. The van der Waals surface area contributed by atoms with Gasteiger partial charge in [0.1, 0.15) is 0 Å². The minimum absolute atomic E-state index is 0.0415. The zero-order valence-electron chi connectivity index (χ0n) is 10.6. The van der Waals surface area contributed by atoms with Crippen molar-refractivity contribution in [3.05, 3.63) is 51.2 Å². The molecule has 1 atom stereocenters. The molecule has 1 aliphatic rings. The molecule has 1 aromatic rings. The number of hydrogen-bond donors (Lipinski definition) is 2. The summed E-state index contributed by atoms with van der Waals surface area (Å²) in [7, 11) is 0. The fourth-order valence-electron chi connectivity index (χ4n) is 2.33. The largest absolute Gasteiger partial charge is 0.478 e. The van der Waals surface area contributed by atoms with E-state index in [2.05, 4.69) is 5.32 Å². The zero-order chi connectivity index (χ0) is 14.9. The predicted molar refractivity (Wildman–Crippen MR) is 68.9 cm³/mol. The van der Waals surface area contributed by atoms with Gasteiger partial charge in [0.2, 0.25) is 5.91 Å². The molecule has 0 saturated carbocycles. The quantitative estimate of drug-likeness (QED) is 0.643. The van der Waals surface area contributed by atoms with Gasteiger partial charge >= 0.3 is 5.97 Å². The van der Waals surface area contributed by atoms with Gasteiger partial charge in [-0.05, 0) is 12.5 Å². The Bertz CT molecular complexity index is 635. The maximum atomic E-state index is 11.6. The standard InChI is InChI=1S/C13H12N2O5/c1-7-12(13(17)18)10(6-11(16)14-7)8-3-2-4-9(5-8)15(19)20/h2-5,10H,6H2,1H3,(H,14,16)(H,17,18)/t10-/m1/s1. The molecule has 2 N–H and O–H groups in total. The van der Waals surface area contributed by atoms with Crippen LogP contribution in [0.25, 0.3) is 0 Å². The molecular formula is C13H12N2O5. The monoisotopic (exact) mass is 276 g/mol. The van der Waals surface area contributed by atoms with Gasteiger partial charge < -0.3 is 10.4 Å². The number of hydrogen-bond acceptors (Lipinski definition) is 4. The Labute approximate surface area is 114 Å². The van der Waals surface area contributed by atoms with Crippen LogP contribution in [0.5, 0.6) is 0 Å². The lowest BCUT2D eigenvalue weighted by molar-refractivity contribution is -0.384. The highest BCUT2D eigenvalue weighted by molar-refractivity contribution is 5.94. The van der Waals surface area contributed by atoms with E-state index in [0.29, 0.717) is 5.56 Å². The number of nitro benzene ring substituents is 1. The molecule has 0 aromatic heterocycles. The van der Waals surface area contributed by atoms with Crippen LogP contribution < -0.4 is 5.32 Å². The van der Waals surface area contributed by atoms with Crippen LogP contribution in [-0.2, 0) is 9.59 Å². The fourth-order valence-corrected chi connectivity index (χ4v) is 2.33. The zero-order valence-corrected chi connectivity index (χ0v) is 10.6. The Morgan fingerprint density at radius 2 is 2.20 bits per heavy atom. The van der Waals surface area contributed by atoms with Crippen molar-refractivity contribution in [2.24, 2.45) is 0 Å². The molecule has 0 fully saturated rings. The molecule has 2 rings (SSSR count). The number of nitrogens with zero attached hydrogens (tertiary/aromatic N) is 1. The van der Waals surface area contributed by atoms with Gasteiger partial charge in [0.05, 0.1) is 10.5 Å². The number of benzene rings is 1. The normalized spacial score (nSPS) is 18.6. The number of aliphatic carboxylic acids is 1. The van der Waals surface area contributed by atoms with E-state index >= 15 is 0 Å². The number of non-ortho nitro benzene ring substituents is 1. The maximum absolute atomic E-state index is 11.6. The summed E-state index contributed by atoms with van der Waals surface area (Å²) in [6, 6.07) is 5.70. The summed E-state index contributed by atoms with van der Waals surface area (Å²) < 4.78 is 0. The molecule has 1 aromatic carbocycles. The second kappa shape index (κ2) is 5.12. The summed E-state index contributed by atoms with van der Waals surface area (Å²) in [5.74, 6) is -2.12. The lowest BCUT2D eigenvalue weighted by atomic mass is 9.84. The number of nitrogens with one attached hydrogen (secondary N) is 1. The lowest BCUT2D eigenvalue weighted by Crippen LogP contribution is -2.33. The number of nitro groups is 1. The van der Waals surface area contributed by atoms with Gasteiger partial charge in [0, 0.05) is 30.2 Å². The molecule has 7 nitrogen and oxygen atoms in total. The number of carbonyl (C=O) groups is 2. The van der Waals surface area contributed by atoms with Gasteiger partial charge in [-0.2, -0.15) is 0 Å². The molecule has 0 saturated heterocycles. The number of carbonyl (C=O) groups excluding carboxylic acids is 1. The van der Waals surface area contributed by atoms with Crippen LogP contribution in [0.1, 0.15) is 24.8 Å². The van der Waals surface area contributed by atoms with Crippen LogP contribution in [-0.4, -0.2) is 21.9 Å². The average molecular weight is 276 g/mol. The minimum atomic E-state index is -1.14. The maximum Gasteiger partial charge on any atom is 0.333 e. The Balaban J connectivity index is 2.51. The number of rotatable bonds is 3. The highest BCUT2D eigenvalue weighted by Gasteiger charge is 2.32. The highest BCUT2D eigenvalue weighted by atomic mass is 16.6. The van der Waals surface area contributed by atoms with Crippen LogP contribution in [0.2, 0.25) is 0 Å². The molecule has 1 heterocycles. The van der Waals surface area contributed by atoms with Gasteiger partial charge in [-0.1, -0.05) is 12.1 Å². The van der Waals surface area contributed by atoms with E-state index in [9.17, 15) is 24.8 Å². The first-order valence-electron chi connectivity index (χ1n) is 5.88. The van der Waals surface area contributed by atoms with Crippen LogP contribution >= 0.6 is 0 Å².